The van der Waals surface area contributed by atoms with Crippen molar-refractivity contribution in [1.82, 2.24) is 9.97 Å². The molecule has 1 aromatic carbocycles. The number of carbonyl (C=O) groups is 2. The molecule has 0 unspecified atom stereocenters. The average molecular weight is 653 g/mol. The summed E-state index contributed by atoms with van der Waals surface area (Å²) >= 11 is 1.31. The minimum absolute atomic E-state index is 0.00146. The number of fused-ring (bicyclic) bond motifs is 1. The molecule has 2 heterocycles. The van der Waals surface area contributed by atoms with Gasteiger partial charge in [0, 0.05) is 16.2 Å². The summed E-state index contributed by atoms with van der Waals surface area (Å²) in [6, 6.07) is 9.29. The van der Waals surface area contributed by atoms with E-state index in [1.807, 2.05) is 50.4 Å². The minimum atomic E-state index is -3.57. The van der Waals surface area contributed by atoms with Gasteiger partial charge in [-0.2, -0.15) is 0 Å². The molecule has 2 amide bonds. The Morgan fingerprint density at radius 3 is 2.02 bits per heavy atom. The third-order valence-electron chi connectivity index (χ3n) is 7.02. The van der Waals surface area contributed by atoms with Gasteiger partial charge in [-0.05, 0) is 60.1 Å². The number of thiazole rings is 1. The van der Waals surface area contributed by atoms with Gasteiger partial charge in [0.15, 0.2) is 24.8 Å². The first kappa shape index (κ1) is 36.3. The van der Waals surface area contributed by atoms with Gasteiger partial charge < -0.3 is 10.6 Å². The highest BCUT2D eigenvalue weighted by molar-refractivity contribution is 7.94. The third kappa shape index (κ3) is 8.39. The van der Waals surface area contributed by atoms with Gasteiger partial charge in [0.2, 0.25) is 11.8 Å². The Labute approximate surface area is 259 Å². The lowest BCUT2D eigenvalue weighted by atomic mass is 9.93. The summed E-state index contributed by atoms with van der Waals surface area (Å²) in [6.45, 7) is 16.7. The summed E-state index contributed by atoms with van der Waals surface area (Å²) in [5, 5.41) is 7.85. The van der Waals surface area contributed by atoms with Crippen molar-refractivity contribution in [3.8, 4) is 0 Å². The zero-order valence-corrected chi connectivity index (χ0v) is 29.1. The Hall–Kier alpha value is -2.90. The van der Waals surface area contributed by atoms with Gasteiger partial charge in [0.25, 0.3) is 0 Å². The molecule has 2 N–H and O–H groups in total. The number of carbonyl (C=O) groups excluding carboxylic acids is 2. The number of sulfone groups is 2. The summed E-state index contributed by atoms with van der Waals surface area (Å²) in [6.07, 6.45) is 2.02. The van der Waals surface area contributed by atoms with Crippen LogP contribution in [0, 0.1) is 0 Å². The highest BCUT2D eigenvalue weighted by Gasteiger charge is 2.43. The molecule has 238 valence electrons. The van der Waals surface area contributed by atoms with Gasteiger partial charge in [0.1, 0.15) is 9.49 Å². The van der Waals surface area contributed by atoms with E-state index in [2.05, 4.69) is 20.6 Å². The molecule has 0 aliphatic heterocycles. The minimum Gasteiger partial charge on any atom is -0.323 e. The zero-order valence-electron chi connectivity index (χ0n) is 26.6. The van der Waals surface area contributed by atoms with Crippen LogP contribution in [0.1, 0.15) is 81.4 Å². The van der Waals surface area contributed by atoms with Crippen LogP contribution < -0.4 is 10.6 Å². The fraction of sp³-hybridized carbons (Fsp3) is 0.533. The Morgan fingerprint density at radius 2 is 1.49 bits per heavy atom. The summed E-state index contributed by atoms with van der Waals surface area (Å²) in [5.41, 5.74) is 2.06. The van der Waals surface area contributed by atoms with Crippen LogP contribution in [0.3, 0.4) is 0 Å². The first-order chi connectivity index (χ1) is 19.6. The molecule has 0 aliphatic rings. The summed E-state index contributed by atoms with van der Waals surface area (Å²) in [4.78, 5) is 33.3. The normalized spacial score (nSPS) is 12.9. The van der Waals surface area contributed by atoms with E-state index in [0.29, 0.717) is 17.2 Å². The Kier molecular flexibility index (Phi) is 11.3. The van der Waals surface area contributed by atoms with E-state index in [0.717, 1.165) is 16.6 Å². The van der Waals surface area contributed by atoms with Crippen molar-refractivity contribution in [2.75, 3.05) is 16.4 Å². The van der Waals surface area contributed by atoms with E-state index < -0.39 is 46.2 Å². The van der Waals surface area contributed by atoms with Gasteiger partial charge in [-0.1, -0.05) is 45.9 Å². The summed E-state index contributed by atoms with van der Waals surface area (Å²) < 4.78 is 46.0. The largest absolute Gasteiger partial charge is 0.323 e. The molecule has 3 rings (SSSR count). The average Bonchev–Trinajstić information content (AvgIpc) is 3.38. The number of nitrogens with one attached hydrogen (secondary N) is 2. The number of nitrogens with zero attached hydrogens (tertiary/aromatic N) is 2. The van der Waals surface area contributed by atoms with Crippen LogP contribution in [0.2, 0.25) is 0 Å². The first-order valence-corrected chi connectivity index (χ1v) is 18.0. The van der Waals surface area contributed by atoms with Crippen molar-refractivity contribution in [3.05, 3.63) is 47.6 Å². The summed E-state index contributed by atoms with van der Waals surface area (Å²) in [7, 11) is -7.06. The maximum Gasteiger partial charge on any atom is 0.247 e. The van der Waals surface area contributed by atoms with E-state index in [1.165, 1.54) is 45.2 Å². The number of amides is 2. The number of pyridine rings is 1. The Bertz CT molecular complexity index is 1670. The quantitative estimate of drug-likeness (QED) is 0.296. The second kappa shape index (κ2) is 13.4. The van der Waals surface area contributed by atoms with Crippen molar-refractivity contribution in [2.24, 2.45) is 0 Å². The van der Waals surface area contributed by atoms with Crippen molar-refractivity contribution in [1.29, 1.82) is 0 Å². The third-order valence-corrected chi connectivity index (χ3v) is 13.3. The lowest BCUT2D eigenvalue weighted by Crippen LogP contribution is -2.47. The van der Waals surface area contributed by atoms with Crippen LogP contribution in [-0.4, -0.2) is 59.1 Å². The number of aromatic nitrogens is 2. The van der Waals surface area contributed by atoms with Gasteiger partial charge in [0.05, 0.1) is 34.1 Å². The molecular weight excluding hydrogens is 609 g/mol. The van der Waals surface area contributed by atoms with Crippen LogP contribution in [-0.2, 0) is 34.7 Å². The van der Waals surface area contributed by atoms with E-state index in [9.17, 15) is 26.4 Å². The fourth-order valence-corrected chi connectivity index (χ4v) is 7.53. The predicted molar refractivity (Wildman–Crippen MR) is 176 cm³/mol. The van der Waals surface area contributed by atoms with Gasteiger partial charge >= 0.3 is 0 Å². The summed E-state index contributed by atoms with van der Waals surface area (Å²) in [5.74, 6) is -1.09. The maximum atomic E-state index is 12.4. The number of hydrogen-bond acceptors (Lipinski definition) is 9. The van der Waals surface area contributed by atoms with Crippen molar-refractivity contribution < 1.29 is 26.4 Å². The molecular formula is C30H44N4O6S3. The number of anilines is 2. The molecule has 10 nitrogen and oxygen atoms in total. The lowest BCUT2D eigenvalue weighted by molar-refractivity contribution is -0.118. The van der Waals surface area contributed by atoms with Crippen LogP contribution >= 0.6 is 11.3 Å². The number of rotatable bonds is 9. The molecule has 0 spiro atoms. The molecule has 43 heavy (non-hydrogen) atoms. The highest BCUT2D eigenvalue weighted by atomic mass is 32.2. The van der Waals surface area contributed by atoms with Crippen LogP contribution in [0.5, 0.6) is 0 Å². The maximum absolute atomic E-state index is 12.4. The molecule has 3 aromatic rings. The van der Waals surface area contributed by atoms with Gasteiger partial charge in [-0.15, -0.1) is 11.3 Å². The smallest absolute Gasteiger partial charge is 0.247 e. The van der Waals surface area contributed by atoms with Crippen LogP contribution in [0.25, 0.3) is 10.9 Å². The Balaban J connectivity index is 0.000000301. The van der Waals surface area contributed by atoms with E-state index in [1.54, 1.807) is 26.8 Å². The zero-order chi connectivity index (χ0) is 33.0. The van der Waals surface area contributed by atoms with Crippen molar-refractivity contribution in [3.63, 3.8) is 0 Å². The van der Waals surface area contributed by atoms with Gasteiger partial charge in [-0.3, -0.25) is 14.6 Å². The lowest BCUT2D eigenvalue weighted by Gasteiger charge is -2.25. The molecule has 0 fully saturated rings. The topological polar surface area (TPSA) is 152 Å². The molecule has 0 bridgehead atoms. The standard InChI is InChI=1S/C16H20N2O3S.C14H24N2O3S2/c1-11(2)22(20,21)16(3,4)15(19)18-13-9-12-7-5-6-8-14(12)17-10-13;1-7-8-21(18,19)14(5,6)11(17)16-12-15-10(9-20-12)13(2,3)4/h5-11H,1-4H3,(H,18,19);9H,7-8H2,1-6H3,(H,15,16,17). The van der Waals surface area contributed by atoms with Gasteiger partial charge in [-0.25, -0.2) is 21.8 Å². The molecule has 13 heteroatoms. The molecule has 0 saturated carbocycles. The van der Waals surface area contributed by atoms with Crippen LogP contribution in [0.4, 0.5) is 10.8 Å². The fourth-order valence-electron chi connectivity index (χ4n) is 3.73. The Morgan fingerprint density at radius 1 is 0.907 bits per heavy atom. The molecule has 0 atom stereocenters. The molecule has 0 radical (unpaired) electrons. The first-order valence-electron chi connectivity index (χ1n) is 14.0. The number of hydrogen-bond donors (Lipinski definition) is 2. The molecule has 0 aliphatic carbocycles. The van der Waals surface area contributed by atoms with E-state index in [-0.39, 0.29) is 11.2 Å². The van der Waals surface area contributed by atoms with E-state index >= 15 is 0 Å². The molecule has 0 saturated heterocycles. The molecule has 2 aromatic heterocycles. The number of benzene rings is 1. The second-order valence-corrected chi connectivity index (χ2v) is 19.1. The predicted octanol–water partition coefficient (Wildman–Crippen LogP) is 5.76. The monoisotopic (exact) mass is 652 g/mol. The van der Waals surface area contributed by atoms with E-state index in [4.69, 9.17) is 0 Å². The second-order valence-electron chi connectivity index (χ2n) is 12.5. The number of para-hydroxylation sites is 1. The van der Waals surface area contributed by atoms with Crippen LogP contribution in [0.15, 0.2) is 41.9 Å². The van der Waals surface area contributed by atoms with Crippen molar-refractivity contribution in [2.45, 2.75) is 95.8 Å². The van der Waals surface area contributed by atoms with Crippen molar-refractivity contribution >= 4 is 64.5 Å². The SMILES string of the molecule is CC(C)S(=O)(=O)C(C)(C)C(=O)Nc1cnc2ccccc2c1.CCCS(=O)(=O)C(C)(C)C(=O)Nc1nc(C(C)(C)C)cs1. The highest BCUT2D eigenvalue weighted by Crippen LogP contribution is 2.28.